The van der Waals surface area contributed by atoms with Crippen molar-refractivity contribution >= 4 is 21.6 Å². The van der Waals surface area contributed by atoms with Crippen molar-refractivity contribution in [2.45, 2.75) is 25.5 Å². The van der Waals surface area contributed by atoms with E-state index in [0.717, 1.165) is 24.2 Å². The van der Waals surface area contributed by atoms with Crippen molar-refractivity contribution in [3.63, 3.8) is 0 Å². The summed E-state index contributed by atoms with van der Waals surface area (Å²) >= 11 is 0. The Hall–Kier alpha value is -3.32. The van der Waals surface area contributed by atoms with Crippen LogP contribution in [0, 0.1) is 0 Å². The number of amides is 1. The van der Waals surface area contributed by atoms with Gasteiger partial charge in [0.15, 0.2) is 0 Å². The number of rotatable bonds is 7. The number of anilines is 1. The Morgan fingerprint density at radius 1 is 0.939 bits per heavy atom. The van der Waals surface area contributed by atoms with Crippen LogP contribution < -0.4 is 9.04 Å². The Morgan fingerprint density at radius 3 is 2.21 bits per heavy atom. The van der Waals surface area contributed by atoms with Crippen molar-refractivity contribution in [2.75, 3.05) is 23.7 Å². The number of carbonyl (C=O) groups excluding carboxylic acids is 1. The van der Waals surface area contributed by atoms with Crippen LogP contribution in [0.5, 0.6) is 5.75 Å². The molecule has 0 bridgehead atoms. The summed E-state index contributed by atoms with van der Waals surface area (Å²) in [5.41, 5.74) is 1.84. The number of ether oxygens (including phenoxy) is 1. The monoisotopic (exact) mass is 464 g/mol. The van der Waals surface area contributed by atoms with E-state index in [-0.39, 0.29) is 18.6 Å². The van der Waals surface area contributed by atoms with Gasteiger partial charge in [-0.25, -0.2) is 8.42 Å². The van der Waals surface area contributed by atoms with Crippen LogP contribution in [0.3, 0.4) is 0 Å². The predicted molar refractivity (Wildman–Crippen MR) is 130 cm³/mol. The maximum absolute atomic E-state index is 13.2. The summed E-state index contributed by atoms with van der Waals surface area (Å²) < 4.78 is 32.4. The number of benzene rings is 3. The smallest absolute Gasteiger partial charge is 0.253 e. The van der Waals surface area contributed by atoms with Crippen LogP contribution in [-0.4, -0.2) is 44.7 Å². The Kier molecular flexibility index (Phi) is 6.99. The SMILES string of the molecule is CS(=O)(=O)N(Cc1ccccc1)c1cccc(C(=O)N2CCC(Oc3ccccc3)CC2)c1. The van der Waals surface area contributed by atoms with Gasteiger partial charge in [-0.2, -0.15) is 0 Å². The lowest BCUT2D eigenvalue weighted by molar-refractivity contribution is 0.0595. The summed E-state index contributed by atoms with van der Waals surface area (Å²) in [6.45, 7) is 1.40. The first-order valence-corrected chi connectivity index (χ1v) is 12.9. The van der Waals surface area contributed by atoms with E-state index in [1.165, 1.54) is 10.6 Å². The molecule has 0 unspecified atom stereocenters. The third-order valence-corrected chi connectivity index (χ3v) is 6.87. The highest BCUT2D eigenvalue weighted by Gasteiger charge is 2.26. The van der Waals surface area contributed by atoms with Gasteiger partial charge < -0.3 is 9.64 Å². The van der Waals surface area contributed by atoms with E-state index < -0.39 is 10.0 Å². The van der Waals surface area contributed by atoms with Crippen molar-refractivity contribution in [3.8, 4) is 5.75 Å². The highest BCUT2D eigenvalue weighted by atomic mass is 32.2. The highest BCUT2D eigenvalue weighted by Crippen LogP contribution is 2.24. The second kappa shape index (κ2) is 10.1. The van der Waals surface area contributed by atoms with Crippen molar-refractivity contribution in [1.29, 1.82) is 0 Å². The molecule has 1 fully saturated rings. The minimum absolute atomic E-state index is 0.0781. The molecule has 1 saturated heterocycles. The zero-order valence-corrected chi connectivity index (χ0v) is 19.4. The first-order chi connectivity index (χ1) is 15.9. The van der Waals surface area contributed by atoms with Gasteiger partial charge in [0.2, 0.25) is 10.0 Å². The summed E-state index contributed by atoms with van der Waals surface area (Å²) in [7, 11) is -3.53. The zero-order valence-electron chi connectivity index (χ0n) is 18.6. The molecule has 4 rings (SSSR count). The highest BCUT2D eigenvalue weighted by molar-refractivity contribution is 7.92. The van der Waals surface area contributed by atoms with Crippen LogP contribution in [0.15, 0.2) is 84.9 Å². The van der Waals surface area contributed by atoms with Gasteiger partial charge in [0.1, 0.15) is 11.9 Å². The first-order valence-electron chi connectivity index (χ1n) is 11.0. The molecular formula is C26H28N2O4S. The molecule has 1 aliphatic rings. The van der Waals surface area contributed by atoms with E-state index in [9.17, 15) is 13.2 Å². The number of likely N-dealkylation sites (tertiary alicyclic amines) is 1. The molecule has 1 heterocycles. The van der Waals surface area contributed by atoms with Crippen LogP contribution in [0.2, 0.25) is 0 Å². The van der Waals surface area contributed by atoms with Gasteiger partial charge in [0.25, 0.3) is 5.91 Å². The van der Waals surface area contributed by atoms with Gasteiger partial charge in [0, 0.05) is 31.5 Å². The van der Waals surface area contributed by atoms with E-state index in [2.05, 4.69) is 0 Å². The third-order valence-electron chi connectivity index (χ3n) is 5.73. The van der Waals surface area contributed by atoms with Gasteiger partial charge in [0.05, 0.1) is 18.5 Å². The molecule has 0 radical (unpaired) electrons. The van der Waals surface area contributed by atoms with Crippen molar-refractivity contribution in [1.82, 2.24) is 4.90 Å². The fraction of sp³-hybridized carbons (Fsp3) is 0.269. The van der Waals surface area contributed by atoms with E-state index in [1.54, 1.807) is 24.3 Å². The largest absolute Gasteiger partial charge is 0.490 e. The number of carbonyl (C=O) groups is 1. The number of hydrogen-bond donors (Lipinski definition) is 0. The molecule has 1 aliphatic heterocycles. The molecule has 3 aromatic carbocycles. The van der Waals surface area contributed by atoms with Crippen molar-refractivity contribution in [2.24, 2.45) is 0 Å². The second-order valence-electron chi connectivity index (χ2n) is 8.23. The van der Waals surface area contributed by atoms with Gasteiger partial charge >= 0.3 is 0 Å². The quantitative estimate of drug-likeness (QED) is 0.522. The minimum atomic E-state index is -3.53. The molecule has 0 spiro atoms. The minimum Gasteiger partial charge on any atom is -0.490 e. The summed E-state index contributed by atoms with van der Waals surface area (Å²) in [6.07, 6.45) is 2.77. The Balaban J connectivity index is 1.45. The van der Waals surface area contributed by atoms with E-state index in [0.29, 0.717) is 24.3 Å². The van der Waals surface area contributed by atoms with Gasteiger partial charge in [-0.1, -0.05) is 54.6 Å². The third kappa shape index (κ3) is 5.93. The second-order valence-corrected chi connectivity index (χ2v) is 10.1. The zero-order chi connectivity index (χ0) is 23.3. The molecule has 33 heavy (non-hydrogen) atoms. The van der Waals surface area contributed by atoms with Crippen LogP contribution in [0.4, 0.5) is 5.69 Å². The number of piperidine rings is 1. The molecule has 0 atom stereocenters. The van der Waals surface area contributed by atoms with Crippen molar-refractivity contribution < 1.29 is 17.9 Å². The molecule has 172 valence electrons. The normalized spacial score (nSPS) is 14.6. The maximum atomic E-state index is 13.2. The van der Waals surface area contributed by atoms with Gasteiger partial charge in [-0.3, -0.25) is 9.10 Å². The number of sulfonamides is 1. The predicted octanol–water partition coefficient (Wildman–Crippen LogP) is 4.34. The number of hydrogen-bond acceptors (Lipinski definition) is 4. The van der Waals surface area contributed by atoms with E-state index in [1.807, 2.05) is 65.6 Å². The maximum Gasteiger partial charge on any atom is 0.253 e. The van der Waals surface area contributed by atoms with E-state index >= 15 is 0 Å². The molecule has 7 heteroatoms. The lowest BCUT2D eigenvalue weighted by atomic mass is 10.1. The lowest BCUT2D eigenvalue weighted by Gasteiger charge is -2.32. The van der Waals surface area contributed by atoms with Gasteiger partial charge in [-0.05, 0) is 35.9 Å². The lowest BCUT2D eigenvalue weighted by Crippen LogP contribution is -2.41. The summed E-state index contributed by atoms with van der Waals surface area (Å²) in [5, 5.41) is 0. The molecule has 0 N–H and O–H groups in total. The average molecular weight is 465 g/mol. The topological polar surface area (TPSA) is 66.9 Å². The first kappa shape index (κ1) is 22.9. The molecule has 0 aliphatic carbocycles. The standard InChI is InChI=1S/C26H28N2O4S/c1-33(30,31)28(20-21-9-4-2-5-10-21)23-12-8-11-22(19-23)26(29)27-17-15-25(16-18-27)32-24-13-6-3-7-14-24/h2-14,19,25H,15-18,20H2,1H3. The molecule has 0 saturated carbocycles. The number of nitrogens with zero attached hydrogens (tertiary/aromatic N) is 2. The summed E-state index contributed by atoms with van der Waals surface area (Å²) in [5.74, 6) is 0.748. The van der Waals surface area contributed by atoms with Crippen LogP contribution in [0.25, 0.3) is 0 Å². The van der Waals surface area contributed by atoms with Crippen LogP contribution in [-0.2, 0) is 16.6 Å². The summed E-state index contributed by atoms with van der Waals surface area (Å²) in [4.78, 5) is 15.0. The Labute approximate surface area is 195 Å². The molecule has 3 aromatic rings. The number of para-hydroxylation sites is 1. The molecule has 1 amide bonds. The fourth-order valence-corrected chi connectivity index (χ4v) is 4.87. The van der Waals surface area contributed by atoms with Crippen molar-refractivity contribution in [3.05, 3.63) is 96.1 Å². The van der Waals surface area contributed by atoms with Crippen LogP contribution >= 0.6 is 0 Å². The molecular weight excluding hydrogens is 436 g/mol. The van der Waals surface area contributed by atoms with E-state index in [4.69, 9.17) is 4.74 Å². The Morgan fingerprint density at radius 2 is 1.58 bits per heavy atom. The van der Waals surface area contributed by atoms with Crippen LogP contribution in [0.1, 0.15) is 28.8 Å². The summed E-state index contributed by atoms with van der Waals surface area (Å²) in [6, 6.07) is 26.0. The fourth-order valence-electron chi connectivity index (χ4n) is 3.99. The van der Waals surface area contributed by atoms with Gasteiger partial charge in [-0.15, -0.1) is 0 Å². The average Bonchev–Trinajstić information content (AvgIpc) is 2.83. The molecule has 0 aromatic heterocycles. The molecule has 6 nitrogen and oxygen atoms in total. The Bertz CT molecular complexity index is 1180.